The Morgan fingerprint density at radius 1 is 0.920 bits per heavy atom. The molecule has 0 aliphatic carbocycles. The highest BCUT2D eigenvalue weighted by atomic mass is 16.5. The minimum Gasteiger partial charge on any atom is -0.497 e. The quantitative estimate of drug-likeness (QED) is 0.810. The Kier molecular flexibility index (Phi) is 5.90. The highest BCUT2D eigenvalue weighted by Crippen LogP contribution is 2.17. The van der Waals surface area contributed by atoms with Crippen LogP contribution in [0.1, 0.15) is 5.56 Å². The Balaban J connectivity index is 1.41. The molecule has 1 aliphatic heterocycles. The van der Waals surface area contributed by atoms with Crippen LogP contribution in [-0.4, -0.2) is 55.6 Å². The standard InChI is InChI=1S/C20H24N2O3/c1-24-18-7-9-19(10-8-18)25-16-20(23)22-13-11-21(12-14-22)15-17-5-3-2-4-6-17/h2-10H,11-16H2,1H3. The molecule has 1 heterocycles. The number of carbonyl (C=O) groups excluding carboxylic acids is 1. The fraction of sp³-hybridized carbons (Fsp3) is 0.350. The summed E-state index contributed by atoms with van der Waals surface area (Å²) >= 11 is 0. The largest absolute Gasteiger partial charge is 0.497 e. The van der Waals surface area contributed by atoms with Crippen molar-refractivity contribution in [2.45, 2.75) is 6.54 Å². The molecule has 1 aliphatic rings. The Labute approximate surface area is 148 Å². The molecule has 25 heavy (non-hydrogen) atoms. The first kappa shape index (κ1) is 17.3. The smallest absolute Gasteiger partial charge is 0.260 e. The van der Waals surface area contributed by atoms with E-state index in [2.05, 4.69) is 29.2 Å². The lowest BCUT2D eigenvalue weighted by atomic mass is 10.2. The molecule has 0 bridgehead atoms. The van der Waals surface area contributed by atoms with Gasteiger partial charge in [-0.25, -0.2) is 0 Å². The van der Waals surface area contributed by atoms with Crippen LogP contribution < -0.4 is 9.47 Å². The first-order valence-electron chi connectivity index (χ1n) is 8.55. The second-order valence-electron chi connectivity index (χ2n) is 6.11. The molecular formula is C20H24N2O3. The van der Waals surface area contributed by atoms with Gasteiger partial charge in [-0.3, -0.25) is 9.69 Å². The number of rotatable bonds is 6. The van der Waals surface area contributed by atoms with Crippen molar-refractivity contribution in [1.29, 1.82) is 0 Å². The zero-order valence-corrected chi connectivity index (χ0v) is 14.6. The Morgan fingerprint density at radius 2 is 1.56 bits per heavy atom. The normalized spacial score (nSPS) is 15.0. The van der Waals surface area contributed by atoms with Gasteiger partial charge >= 0.3 is 0 Å². The monoisotopic (exact) mass is 340 g/mol. The number of nitrogens with zero attached hydrogens (tertiary/aromatic N) is 2. The molecule has 0 unspecified atom stereocenters. The molecule has 5 heteroatoms. The van der Waals surface area contributed by atoms with E-state index in [-0.39, 0.29) is 12.5 Å². The predicted molar refractivity (Wildman–Crippen MR) is 96.8 cm³/mol. The summed E-state index contributed by atoms with van der Waals surface area (Å²) in [5.74, 6) is 1.49. The molecule has 132 valence electrons. The predicted octanol–water partition coefficient (Wildman–Crippen LogP) is 2.42. The average molecular weight is 340 g/mol. The number of amides is 1. The third-order valence-electron chi connectivity index (χ3n) is 4.40. The molecule has 5 nitrogen and oxygen atoms in total. The van der Waals surface area contributed by atoms with E-state index < -0.39 is 0 Å². The number of carbonyl (C=O) groups is 1. The van der Waals surface area contributed by atoms with Crippen molar-refractivity contribution >= 4 is 5.91 Å². The van der Waals surface area contributed by atoms with E-state index in [0.29, 0.717) is 5.75 Å². The van der Waals surface area contributed by atoms with E-state index in [9.17, 15) is 4.79 Å². The second kappa shape index (κ2) is 8.53. The lowest BCUT2D eigenvalue weighted by molar-refractivity contribution is -0.135. The molecule has 3 rings (SSSR count). The molecule has 1 fully saturated rings. The molecule has 0 atom stereocenters. The maximum Gasteiger partial charge on any atom is 0.260 e. The van der Waals surface area contributed by atoms with Crippen LogP contribution in [0.25, 0.3) is 0 Å². The van der Waals surface area contributed by atoms with Gasteiger partial charge < -0.3 is 14.4 Å². The van der Waals surface area contributed by atoms with Crippen molar-refractivity contribution in [1.82, 2.24) is 9.80 Å². The van der Waals surface area contributed by atoms with Crippen LogP contribution in [0.15, 0.2) is 54.6 Å². The fourth-order valence-electron chi connectivity index (χ4n) is 2.91. The molecule has 0 radical (unpaired) electrons. The third kappa shape index (κ3) is 4.97. The van der Waals surface area contributed by atoms with Gasteiger partial charge in [0.25, 0.3) is 5.91 Å². The number of piperazine rings is 1. The molecule has 1 amide bonds. The number of hydrogen-bond acceptors (Lipinski definition) is 4. The number of hydrogen-bond donors (Lipinski definition) is 0. The van der Waals surface area contributed by atoms with E-state index >= 15 is 0 Å². The van der Waals surface area contributed by atoms with Crippen LogP contribution in [0, 0.1) is 0 Å². The minimum atomic E-state index is 0.0372. The van der Waals surface area contributed by atoms with Gasteiger partial charge in [0.15, 0.2) is 6.61 Å². The lowest BCUT2D eigenvalue weighted by Gasteiger charge is -2.34. The molecule has 2 aromatic carbocycles. The highest BCUT2D eigenvalue weighted by Gasteiger charge is 2.21. The van der Waals surface area contributed by atoms with E-state index in [1.807, 2.05) is 35.2 Å². The van der Waals surface area contributed by atoms with Gasteiger partial charge in [-0.1, -0.05) is 30.3 Å². The van der Waals surface area contributed by atoms with Crippen LogP contribution in [0.2, 0.25) is 0 Å². The van der Waals surface area contributed by atoms with Gasteiger partial charge in [-0.05, 0) is 29.8 Å². The summed E-state index contributed by atoms with van der Waals surface area (Å²) in [4.78, 5) is 16.6. The summed E-state index contributed by atoms with van der Waals surface area (Å²) in [7, 11) is 1.62. The number of ether oxygens (including phenoxy) is 2. The lowest BCUT2D eigenvalue weighted by Crippen LogP contribution is -2.49. The van der Waals surface area contributed by atoms with Crippen molar-refractivity contribution in [3.8, 4) is 11.5 Å². The number of methoxy groups -OCH3 is 1. The second-order valence-corrected chi connectivity index (χ2v) is 6.11. The average Bonchev–Trinajstić information content (AvgIpc) is 2.68. The van der Waals surface area contributed by atoms with E-state index in [4.69, 9.17) is 9.47 Å². The summed E-state index contributed by atoms with van der Waals surface area (Å²) in [6.45, 7) is 4.29. The summed E-state index contributed by atoms with van der Waals surface area (Å²) in [6, 6.07) is 17.7. The van der Waals surface area contributed by atoms with E-state index in [1.54, 1.807) is 7.11 Å². The summed E-state index contributed by atoms with van der Waals surface area (Å²) in [5.41, 5.74) is 1.31. The van der Waals surface area contributed by atoms with Crippen molar-refractivity contribution in [2.75, 3.05) is 39.9 Å². The van der Waals surface area contributed by atoms with Gasteiger partial charge in [0.2, 0.25) is 0 Å². The summed E-state index contributed by atoms with van der Waals surface area (Å²) in [6.07, 6.45) is 0. The molecule has 0 saturated carbocycles. The summed E-state index contributed by atoms with van der Waals surface area (Å²) < 4.78 is 10.7. The van der Waals surface area contributed by atoms with Crippen LogP contribution in [0.5, 0.6) is 11.5 Å². The highest BCUT2D eigenvalue weighted by molar-refractivity contribution is 5.77. The van der Waals surface area contributed by atoms with Gasteiger partial charge in [0.05, 0.1) is 7.11 Å². The van der Waals surface area contributed by atoms with Gasteiger partial charge in [0.1, 0.15) is 11.5 Å². The Morgan fingerprint density at radius 3 is 2.20 bits per heavy atom. The Hall–Kier alpha value is -2.53. The molecule has 1 saturated heterocycles. The SMILES string of the molecule is COc1ccc(OCC(=O)N2CCN(Cc3ccccc3)CC2)cc1. The zero-order chi connectivity index (χ0) is 17.5. The molecule has 0 N–H and O–H groups in total. The van der Waals surface area contributed by atoms with Crippen molar-refractivity contribution in [3.63, 3.8) is 0 Å². The topological polar surface area (TPSA) is 42.0 Å². The third-order valence-corrected chi connectivity index (χ3v) is 4.40. The summed E-state index contributed by atoms with van der Waals surface area (Å²) in [5, 5.41) is 0. The van der Waals surface area contributed by atoms with Crippen molar-refractivity contribution in [3.05, 3.63) is 60.2 Å². The first-order chi connectivity index (χ1) is 12.2. The van der Waals surface area contributed by atoms with Gasteiger partial charge in [-0.15, -0.1) is 0 Å². The van der Waals surface area contributed by atoms with Gasteiger partial charge in [0, 0.05) is 32.7 Å². The van der Waals surface area contributed by atoms with Crippen LogP contribution in [0.4, 0.5) is 0 Å². The molecular weight excluding hydrogens is 316 g/mol. The van der Waals surface area contributed by atoms with E-state index in [1.165, 1.54) is 5.56 Å². The molecule has 0 spiro atoms. The minimum absolute atomic E-state index is 0.0372. The maximum absolute atomic E-state index is 12.3. The molecule has 2 aromatic rings. The fourth-order valence-corrected chi connectivity index (χ4v) is 2.91. The zero-order valence-electron chi connectivity index (χ0n) is 14.6. The Bertz CT molecular complexity index is 665. The van der Waals surface area contributed by atoms with Crippen molar-refractivity contribution < 1.29 is 14.3 Å². The molecule has 0 aromatic heterocycles. The van der Waals surface area contributed by atoms with Gasteiger partial charge in [-0.2, -0.15) is 0 Å². The van der Waals surface area contributed by atoms with Crippen LogP contribution in [0.3, 0.4) is 0 Å². The van der Waals surface area contributed by atoms with Crippen LogP contribution >= 0.6 is 0 Å². The van der Waals surface area contributed by atoms with Crippen molar-refractivity contribution in [2.24, 2.45) is 0 Å². The maximum atomic E-state index is 12.3. The number of benzene rings is 2. The van der Waals surface area contributed by atoms with Crippen LogP contribution in [-0.2, 0) is 11.3 Å². The first-order valence-corrected chi connectivity index (χ1v) is 8.55. The van der Waals surface area contributed by atoms with E-state index in [0.717, 1.165) is 38.5 Å².